The summed E-state index contributed by atoms with van der Waals surface area (Å²) in [6, 6.07) is 20.1. The van der Waals surface area contributed by atoms with Crippen molar-refractivity contribution in [1.29, 1.82) is 0 Å². The summed E-state index contributed by atoms with van der Waals surface area (Å²) >= 11 is 0. The number of amides is 1. The Kier molecular flexibility index (Phi) is 8.86. The van der Waals surface area contributed by atoms with Crippen LogP contribution in [-0.2, 0) is 16.1 Å². The van der Waals surface area contributed by atoms with Gasteiger partial charge in [-0.25, -0.2) is 4.68 Å². The molecule has 1 aromatic heterocycles. The molecule has 0 fully saturated rings. The number of anilines is 1. The van der Waals surface area contributed by atoms with Crippen molar-refractivity contribution < 1.29 is 9.53 Å². The molecular weight excluding hydrogens is 388 g/mol. The quantitative estimate of drug-likeness (QED) is 0.526. The zero-order valence-electron chi connectivity index (χ0n) is 16.7. The number of hydrogen-bond acceptors (Lipinski definition) is 4. The van der Waals surface area contributed by atoms with E-state index in [0.717, 1.165) is 22.4 Å². The van der Waals surface area contributed by atoms with Crippen molar-refractivity contribution in [1.82, 2.24) is 15.1 Å². The Morgan fingerprint density at radius 2 is 1.83 bits per heavy atom. The molecule has 0 atom stereocenters. The second kappa shape index (κ2) is 11.4. The zero-order valence-corrected chi connectivity index (χ0v) is 17.5. The number of ether oxygens (including phenoxy) is 1. The highest BCUT2D eigenvalue weighted by atomic mass is 35.5. The highest BCUT2D eigenvalue weighted by molar-refractivity contribution is 5.92. The predicted octanol–water partition coefficient (Wildman–Crippen LogP) is 3.50. The summed E-state index contributed by atoms with van der Waals surface area (Å²) in [7, 11) is 1.64. The molecule has 3 aromatic rings. The lowest BCUT2D eigenvalue weighted by Gasteiger charge is -2.09. The molecule has 0 bridgehead atoms. The summed E-state index contributed by atoms with van der Waals surface area (Å²) in [6.45, 7) is 4.06. The Balaban J connectivity index is 0.00000300. The largest absolute Gasteiger partial charge is 0.383 e. The maximum atomic E-state index is 12.3. The van der Waals surface area contributed by atoms with E-state index >= 15 is 0 Å². The number of carbonyl (C=O) groups is 1. The van der Waals surface area contributed by atoms with Crippen molar-refractivity contribution in [2.24, 2.45) is 0 Å². The van der Waals surface area contributed by atoms with Gasteiger partial charge in [0.05, 0.1) is 25.4 Å². The molecule has 0 aliphatic rings. The van der Waals surface area contributed by atoms with E-state index in [1.807, 2.05) is 59.3 Å². The minimum absolute atomic E-state index is 0. The normalized spacial score (nSPS) is 10.4. The first-order valence-electron chi connectivity index (χ1n) is 9.34. The summed E-state index contributed by atoms with van der Waals surface area (Å²) in [5.74, 6) is 0.572. The molecule has 3 rings (SSSR count). The minimum atomic E-state index is -0.110. The molecular formula is C22H27ClN4O2. The molecule has 2 aromatic carbocycles. The van der Waals surface area contributed by atoms with Gasteiger partial charge < -0.3 is 15.4 Å². The van der Waals surface area contributed by atoms with Gasteiger partial charge in [0.1, 0.15) is 5.82 Å². The molecule has 1 amide bonds. The van der Waals surface area contributed by atoms with E-state index in [-0.39, 0.29) is 24.9 Å². The zero-order chi connectivity index (χ0) is 19.8. The van der Waals surface area contributed by atoms with Gasteiger partial charge in [-0.2, -0.15) is 5.10 Å². The van der Waals surface area contributed by atoms with Gasteiger partial charge in [0, 0.05) is 25.3 Å². The first-order valence-corrected chi connectivity index (χ1v) is 9.34. The highest BCUT2D eigenvalue weighted by Gasteiger charge is 2.14. The summed E-state index contributed by atoms with van der Waals surface area (Å²) < 4.78 is 6.82. The summed E-state index contributed by atoms with van der Waals surface area (Å²) in [5, 5.41) is 10.8. The maximum Gasteiger partial charge on any atom is 0.239 e. The van der Waals surface area contributed by atoms with E-state index in [1.165, 1.54) is 0 Å². The molecule has 154 valence electrons. The fraction of sp³-hybridized carbons (Fsp3) is 0.273. The molecule has 0 saturated carbocycles. The van der Waals surface area contributed by atoms with Crippen molar-refractivity contribution in [2.45, 2.75) is 13.5 Å². The monoisotopic (exact) mass is 414 g/mol. The van der Waals surface area contributed by atoms with Crippen LogP contribution in [0.15, 0.2) is 60.7 Å². The van der Waals surface area contributed by atoms with Crippen molar-refractivity contribution in [3.63, 3.8) is 0 Å². The third-order valence-electron chi connectivity index (χ3n) is 4.41. The number of halogens is 1. The third-order valence-corrected chi connectivity index (χ3v) is 4.41. The number of benzene rings is 2. The van der Waals surface area contributed by atoms with E-state index in [9.17, 15) is 4.79 Å². The smallest absolute Gasteiger partial charge is 0.239 e. The molecule has 6 nitrogen and oxygen atoms in total. The predicted molar refractivity (Wildman–Crippen MR) is 119 cm³/mol. The number of aromatic nitrogens is 2. The number of nitrogens with one attached hydrogen (secondary N) is 2. The van der Waals surface area contributed by atoms with Crippen LogP contribution in [0.5, 0.6) is 0 Å². The fourth-order valence-corrected chi connectivity index (χ4v) is 2.95. The van der Waals surface area contributed by atoms with Gasteiger partial charge in [0.25, 0.3) is 0 Å². The summed E-state index contributed by atoms with van der Waals surface area (Å²) in [6.07, 6.45) is 0. The van der Waals surface area contributed by atoms with Crippen LogP contribution >= 0.6 is 12.4 Å². The van der Waals surface area contributed by atoms with Gasteiger partial charge in [-0.15, -0.1) is 12.4 Å². The molecule has 0 aliphatic heterocycles. The first-order chi connectivity index (χ1) is 13.7. The molecule has 0 unspecified atom stereocenters. The third kappa shape index (κ3) is 6.42. The van der Waals surface area contributed by atoms with Crippen LogP contribution in [0.1, 0.15) is 11.1 Å². The van der Waals surface area contributed by atoms with Gasteiger partial charge in [0.15, 0.2) is 0 Å². The average Bonchev–Trinajstić information content (AvgIpc) is 3.08. The van der Waals surface area contributed by atoms with Crippen molar-refractivity contribution >= 4 is 24.1 Å². The Bertz CT molecular complexity index is 912. The van der Waals surface area contributed by atoms with Gasteiger partial charge >= 0.3 is 0 Å². The van der Waals surface area contributed by atoms with Crippen LogP contribution in [0, 0.1) is 6.92 Å². The molecule has 0 spiro atoms. The SMILES string of the molecule is COCCNCC(=O)Nc1cc(-c2ccccc2C)nn1Cc1ccccc1.Cl. The lowest BCUT2D eigenvalue weighted by molar-refractivity contribution is -0.115. The van der Waals surface area contributed by atoms with Crippen molar-refractivity contribution in [3.05, 3.63) is 71.8 Å². The van der Waals surface area contributed by atoms with E-state index in [0.29, 0.717) is 25.5 Å². The molecule has 0 saturated heterocycles. The topological polar surface area (TPSA) is 68.2 Å². The number of methoxy groups -OCH3 is 1. The lowest BCUT2D eigenvalue weighted by Crippen LogP contribution is -2.31. The van der Waals surface area contributed by atoms with Crippen LogP contribution in [-0.4, -0.2) is 42.5 Å². The molecule has 0 aliphatic carbocycles. The Morgan fingerprint density at radius 3 is 2.55 bits per heavy atom. The standard InChI is InChI=1S/C22H26N4O2.ClH/c1-17-8-6-7-11-19(17)20-14-21(24-22(27)15-23-12-13-28-2)26(25-20)16-18-9-4-3-5-10-18;/h3-11,14,23H,12-13,15-16H2,1-2H3,(H,24,27);1H. The van der Waals surface area contributed by atoms with Crippen LogP contribution in [0.4, 0.5) is 5.82 Å². The second-order valence-corrected chi connectivity index (χ2v) is 6.59. The van der Waals surface area contributed by atoms with E-state index in [4.69, 9.17) is 9.84 Å². The summed E-state index contributed by atoms with van der Waals surface area (Å²) in [5.41, 5.74) is 4.17. The second-order valence-electron chi connectivity index (χ2n) is 6.59. The van der Waals surface area contributed by atoms with Crippen molar-refractivity contribution in [2.75, 3.05) is 32.1 Å². The van der Waals surface area contributed by atoms with Gasteiger partial charge in [0.2, 0.25) is 5.91 Å². The average molecular weight is 415 g/mol. The summed E-state index contributed by atoms with van der Waals surface area (Å²) in [4.78, 5) is 12.3. The van der Waals surface area contributed by atoms with Crippen LogP contribution < -0.4 is 10.6 Å². The molecule has 7 heteroatoms. The maximum absolute atomic E-state index is 12.3. The van der Waals surface area contributed by atoms with Gasteiger partial charge in [-0.05, 0) is 18.1 Å². The number of nitrogens with zero attached hydrogens (tertiary/aromatic N) is 2. The molecule has 1 heterocycles. The van der Waals surface area contributed by atoms with Gasteiger partial charge in [-0.3, -0.25) is 4.79 Å². The van der Waals surface area contributed by atoms with Crippen molar-refractivity contribution in [3.8, 4) is 11.3 Å². The van der Waals surface area contributed by atoms with E-state index < -0.39 is 0 Å². The van der Waals surface area contributed by atoms with E-state index in [2.05, 4.69) is 23.6 Å². The highest BCUT2D eigenvalue weighted by Crippen LogP contribution is 2.25. The first kappa shape index (κ1) is 22.6. The molecule has 29 heavy (non-hydrogen) atoms. The number of hydrogen-bond donors (Lipinski definition) is 2. The van der Waals surface area contributed by atoms with Gasteiger partial charge in [-0.1, -0.05) is 54.6 Å². The Hall–Kier alpha value is -2.67. The molecule has 0 radical (unpaired) electrons. The fourth-order valence-electron chi connectivity index (χ4n) is 2.95. The van der Waals surface area contributed by atoms with Crippen LogP contribution in [0.3, 0.4) is 0 Å². The number of carbonyl (C=O) groups excluding carboxylic acids is 1. The molecule has 2 N–H and O–H groups in total. The van der Waals surface area contributed by atoms with E-state index in [1.54, 1.807) is 7.11 Å². The van der Waals surface area contributed by atoms with Crippen LogP contribution in [0.2, 0.25) is 0 Å². The number of aryl methyl sites for hydroxylation is 1. The Morgan fingerprint density at radius 1 is 1.10 bits per heavy atom. The minimum Gasteiger partial charge on any atom is -0.383 e. The van der Waals surface area contributed by atoms with Crippen LogP contribution in [0.25, 0.3) is 11.3 Å². The lowest BCUT2D eigenvalue weighted by atomic mass is 10.1. The Labute approximate surface area is 177 Å². The number of rotatable bonds is 9.